The van der Waals surface area contributed by atoms with Crippen molar-refractivity contribution in [2.45, 2.75) is 39.7 Å². The molecule has 1 amide bonds. The number of anilines is 1. The molecule has 0 aliphatic heterocycles. The molecule has 2 heterocycles. The Morgan fingerprint density at radius 3 is 2.85 bits per heavy atom. The minimum Gasteiger partial charge on any atom is -0.368 e. The molecule has 0 fully saturated rings. The van der Waals surface area contributed by atoms with Crippen LogP contribution in [0.15, 0.2) is 18.5 Å². The van der Waals surface area contributed by atoms with Gasteiger partial charge in [0.2, 0.25) is 5.91 Å². The molecular formula is C14H21N5O. The van der Waals surface area contributed by atoms with E-state index >= 15 is 0 Å². The maximum Gasteiger partial charge on any atom is 0.222 e. The number of aromatic nitrogens is 3. The largest absolute Gasteiger partial charge is 0.368 e. The van der Waals surface area contributed by atoms with E-state index in [2.05, 4.69) is 20.7 Å². The van der Waals surface area contributed by atoms with Crippen LogP contribution >= 0.6 is 0 Å². The summed E-state index contributed by atoms with van der Waals surface area (Å²) < 4.78 is 1.78. The summed E-state index contributed by atoms with van der Waals surface area (Å²) in [5.74, 6) is 0.776. The Hall–Kier alpha value is -2.11. The number of rotatable bonds is 4. The van der Waals surface area contributed by atoms with Gasteiger partial charge in [-0.2, -0.15) is 5.10 Å². The monoisotopic (exact) mass is 275 g/mol. The number of hydrogen-bond donors (Lipinski definition) is 2. The molecule has 2 rings (SSSR count). The molecule has 0 aliphatic carbocycles. The first-order chi connectivity index (χ1) is 9.35. The van der Waals surface area contributed by atoms with Crippen molar-refractivity contribution < 1.29 is 4.79 Å². The molecule has 0 aliphatic rings. The van der Waals surface area contributed by atoms with Crippen LogP contribution in [0.25, 0.3) is 5.52 Å². The molecule has 0 unspecified atom stereocenters. The number of hydrogen-bond acceptors (Lipinski definition) is 4. The Balaban J connectivity index is 1.95. The summed E-state index contributed by atoms with van der Waals surface area (Å²) in [7, 11) is 0. The minimum absolute atomic E-state index is 0.0293. The molecular weight excluding hydrogens is 254 g/mol. The van der Waals surface area contributed by atoms with Crippen LogP contribution in [0.3, 0.4) is 0 Å². The van der Waals surface area contributed by atoms with Crippen molar-refractivity contribution in [3.63, 3.8) is 0 Å². The van der Waals surface area contributed by atoms with Crippen LogP contribution < -0.4 is 10.6 Å². The SMILES string of the molecule is Cc1cc2c(NCCC(=O)NC(C)(C)C)nccn2n1. The molecule has 0 aromatic carbocycles. The van der Waals surface area contributed by atoms with Gasteiger partial charge in [-0.25, -0.2) is 9.50 Å². The maximum absolute atomic E-state index is 11.7. The second-order valence-corrected chi connectivity index (χ2v) is 5.87. The minimum atomic E-state index is -0.197. The summed E-state index contributed by atoms with van der Waals surface area (Å²) in [6.45, 7) is 8.38. The van der Waals surface area contributed by atoms with Gasteiger partial charge in [0.1, 0.15) is 5.52 Å². The molecule has 0 saturated carbocycles. The number of amides is 1. The van der Waals surface area contributed by atoms with Crippen LogP contribution in [0, 0.1) is 6.92 Å². The first-order valence-electron chi connectivity index (χ1n) is 6.71. The fourth-order valence-corrected chi connectivity index (χ4v) is 1.96. The topological polar surface area (TPSA) is 71.3 Å². The van der Waals surface area contributed by atoms with Crippen LogP contribution in [0.1, 0.15) is 32.9 Å². The zero-order valence-corrected chi connectivity index (χ0v) is 12.4. The Morgan fingerprint density at radius 1 is 1.40 bits per heavy atom. The van der Waals surface area contributed by atoms with Crippen molar-refractivity contribution in [1.29, 1.82) is 0 Å². The van der Waals surface area contributed by atoms with Crippen molar-refractivity contribution in [3.05, 3.63) is 24.2 Å². The molecule has 0 spiro atoms. The Labute approximate surface area is 118 Å². The third kappa shape index (κ3) is 3.69. The summed E-state index contributed by atoms with van der Waals surface area (Å²) in [6, 6.07) is 1.96. The maximum atomic E-state index is 11.7. The van der Waals surface area contributed by atoms with E-state index in [1.54, 1.807) is 16.9 Å². The average Bonchev–Trinajstić information content (AvgIpc) is 2.67. The fourth-order valence-electron chi connectivity index (χ4n) is 1.96. The lowest BCUT2D eigenvalue weighted by Gasteiger charge is -2.20. The molecule has 6 heteroatoms. The van der Waals surface area contributed by atoms with E-state index in [9.17, 15) is 4.79 Å². The molecule has 20 heavy (non-hydrogen) atoms. The van der Waals surface area contributed by atoms with E-state index in [1.165, 1.54) is 0 Å². The third-order valence-electron chi connectivity index (χ3n) is 2.67. The quantitative estimate of drug-likeness (QED) is 0.892. The molecule has 0 radical (unpaired) electrons. The van der Waals surface area contributed by atoms with Gasteiger partial charge in [-0.05, 0) is 33.8 Å². The van der Waals surface area contributed by atoms with Gasteiger partial charge in [0.15, 0.2) is 5.82 Å². The van der Waals surface area contributed by atoms with Gasteiger partial charge < -0.3 is 10.6 Å². The van der Waals surface area contributed by atoms with Gasteiger partial charge in [-0.3, -0.25) is 4.79 Å². The highest BCUT2D eigenvalue weighted by Crippen LogP contribution is 2.14. The Kier molecular flexibility index (Phi) is 3.92. The van der Waals surface area contributed by atoms with Crippen LogP contribution in [0.4, 0.5) is 5.82 Å². The predicted molar refractivity (Wildman–Crippen MR) is 78.7 cm³/mol. The molecule has 2 aromatic heterocycles. The average molecular weight is 275 g/mol. The number of nitrogens with one attached hydrogen (secondary N) is 2. The van der Waals surface area contributed by atoms with Gasteiger partial charge in [0.05, 0.1) is 5.69 Å². The molecule has 2 aromatic rings. The van der Waals surface area contributed by atoms with E-state index in [-0.39, 0.29) is 11.4 Å². The lowest BCUT2D eigenvalue weighted by atomic mass is 10.1. The van der Waals surface area contributed by atoms with Gasteiger partial charge in [0, 0.05) is 30.9 Å². The molecule has 0 bridgehead atoms. The predicted octanol–water partition coefficient (Wildman–Crippen LogP) is 1.75. The zero-order chi connectivity index (χ0) is 14.8. The van der Waals surface area contributed by atoms with Gasteiger partial charge in [-0.15, -0.1) is 0 Å². The number of carbonyl (C=O) groups excluding carboxylic acids is 1. The van der Waals surface area contributed by atoms with Crippen molar-refractivity contribution in [3.8, 4) is 0 Å². The summed E-state index contributed by atoms with van der Waals surface area (Å²) >= 11 is 0. The molecule has 0 saturated heterocycles. The second kappa shape index (κ2) is 5.48. The molecule has 108 valence electrons. The lowest BCUT2D eigenvalue weighted by molar-refractivity contribution is -0.122. The highest BCUT2D eigenvalue weighted by molar-refractivity contribution is 5.77. The van der Waals surface area contributed by atoms with E-state index in [0.717, 1.165) is 17.0 Å². The van der Waals surface area contributed by atoms with E-state index in [1.807, 2.05) is 33.8 Å². The molecule has 2 N–H and O–H groups in total. The Bertz CT molecular complexity index is 612. The summed E-state index contributed by atoms with van der Waals surface area (Å²) in [4.78, 5) is 16.0. The molecule has 6 nitrogen and oxygen atoms in total. The van der Waals surface area contributed by atoms with E-state index in [0.29, 0.717) is 13.0 Å². The third-order valence-corrected chi connectivity index (χ3v) is 2.67. The van der Waals surface area contributed by atoms with Gasteiger partial charge in [0.25, 0.3) is 0 Å². The highest BCUT2D eigenvalue weighted by atomic mass is 16.1. The van der Waals surface area contributed by atoms with E-state index < -0.39 is 0 Å². The standard InChI is InChI=1S/C14H21N5O/c1-10-9-11-13(16-7-8-19(11)18-10)15-6-5-12(20)17-14(2,3)4/h7-9H,5-6H2,1-4H3,(H,15,16)(H,17,20). The number of carbonyl (C=O) groups is 1. The van der Waals surface area contributed by atoms with Crippen molar-refractivity contribution in [2.75, 3.05) is 11.9 Å². The first-order valence-corrected chi connectivity index (χ1v) is 6.71. The number of nitrogens with zero attached hydrogens (tertiary/aromatic N) is 3. The normalized spacial score (nSPS) is 11.6. The van der Waals surface area contributed by atoms with Crippen LogP contribution in [0.2, 0.25) is 0 Å². The highest BCUT2D eigenvalue weighted by Gasteiger charge is 2.13. The second-order valence-electron chi connectivity index (χ2n) is 5.87. The summed E-state index contributed by atoms with van der Waals surface area (Å²) in [5.41, 5.74) is 1.66. The fraction of sp³-hybridized carbons (Fsp3) is 0.500. The van der Waals surface area contributed by atoms with Gasteiger partial charge >= 0.3 is 0 Å². The molecule has 0 atom stereocenters. The lowest BCUT2D eigenvalue weighted by Crippen LogP contribution is -2.41. The van der Waals surface area contributed by atoms with Crippen LogP contribution in [0.5, 0.6) is 0 Å². The zero-order valence-electron chi connectivity index (χ0n) is 12.4. The number of fused-ring (bicyclic) bond motifs is 1. The van der Waals surface area contributed by atoms with Crippen molar-refractivity contribution in [2.24, 2.45) is 0 Å². The van der Waals surface area contributed by atoms with Crippen molar-refractivity contribution >= 4 is 17.2 Å². The van der Waals surface area contributed by atoms with Crippen molar-refractivity contribution in [1.82, 2.24) is 19.9 Å². The number of aryl methyl sites for hydroxylation is 1. The van der Waals surface area contributed by atoms with Gasteiger partial charge in [-0.1, -0.05) is 0 Å². The Morgan fingerprint density at radius 2 is 2.15 bits per heavy atom. The summed E-state index contributed by atoms with van der Waals surface area (Å²) in [6.07, 6.45) is 3.91. The van der Waals surface area contributed by atoms with Crippen LogP contribution in [-0.2, 0) is 4.79 Å². The summed E-state index contributed by atoms with van der Waals surface area (Å²) in [5, 5.41) is 10.4. The first kappa shape index (κ1) is 14.3. The smallest absolute Gasteiger partial charge is 0.222 e. The van der Waals surface area contributed by atoms with Crippen LogP contribution in [-0.4, -0.2) is 32.6 Å². The van der Waals surface area contributed by atoms with E-state index in [4.69, 9.17) is 0 Å².